The van der Waals surface area contributed by atoms with Gasteiger partial charge in [0.15, 0.2) is 5.69 Å². The second-order valence-corrected chi connectivity index (χ2v) is 8.49. The van der Waals surface area contributed by atoms with Crippen molar-refractivity contribution in [2.75, 3.05) is 26.2 Å². The number of nitrogens with two attached hydrogens (primary N) is 1. The van der Waals surface area contributed by atoms with E-state index in [1.807, 2.05) is 0 Å². The highest BCUT2D eigenvalue weighted by atomic mass is 32.2. The van der Waals surface area contributed by atoms with Crippen LogP contribution in [0.25, 0.3) is 11.1 Å². The van der Waals surface area contributed by atoms with Gasteiger partial charge in [-0.1, -0.05) is 12.1 Å². The summed E-state index contributed by atoms with van der Waals surface area (Å²) < 4.78 is 23.7. The molecule has 2 aliphatic rings. The van der Waals surface area contributed by atoms with Crippen molar-refractivity contribution in [1.29, 1.82) is 0 Å². The van der Waals surface area contributed by atoms with Crippen molar-refractivity contribution in [3.05, 3.63) is 47.8 Å². The van der Waals surface area contributed by atoms with Crippen LogP contribution >= 0.6 is 0 Å². The Bertz CT molecular complexity index is 1030. The number of hydrogen-bond acceptors (Lipinski definition) is 5. The second kappa shape index (κ2) is 5.91. The van der Waals surface area contributed by atoms with Gasteiger partial charge >= 0.3 is 16.2 Å². The van der Waals surface area contributed by atoms with Crippen molar-refractivity contribution in [2.24, 2.45) is 10.6 Å². The lowest BCUT2D eigenvalue weighted by atomic mass is 9.74. The minimum atomic E-state index is -4.23. The van der Waals surface area contributed by atoms with Gasteiger partial charge in [-0.3, -0.25) is 4.79 Å². The van der Waals surface area contributed by atoms with E-state index < -0.39 is 21.9 Å². The van der Waals surface area contributed by atoms with Crippen LogP contribution in [0.3, 0.4) is 0 Å². The molecule has 2 aliphatic heterocycles. The fourth-order valence-electron chi connectivity index (χ4n) is 3.65. The SMILES string of the molecule is NS(=O)(=O)n1ccc(-c2ccc(C(=O)N3CC4(CNC4)C3)cc2)c1C(=O)O. The third kappa shape index (κ3) is 2.91. The number of rotatable bonds is 4. The summed E-state index contributed by atoms with van der Waals surface area (Å²) in [6.45, 7) is 3.35. The van der Waals surface area contributed by atoms with Crippen LogP contribution in [0.2, 0.25) is 0 Å². The van der Waals surface area contributed by atoms with Crippen molar-refractivity contribution in [1.82, 2.24) is 14.2 Å². The van der Waals surface area contributed by atoms with E-state index in [2.05, 4.69) is 5.32 Å². The Kier molecular flexibility index (Phi) is 3.88. The maximum Gasteiger partial charge on any atom is 0.354 e. The molecule has 1 aromatic heterocycles. The van der Waals surface area contributed by atoms with Crippen molar-refractivity contribution in [2.45, 2.75) is 0 Å². The smallest absolute Gasteiger partial charge is 0.354 e. The molecule has 0 radical (unpaired) electrons. The number of carbonyl (C=O) groups excluding carboxylic acids is 1. The molecule has 1 amide bonds. The Hall–Kier alpha value is -2.69. The van der Waals surface area contributed by atoms with Crippen molar-refractivity contribution in [3.8, 4) is 11.1 Å². The molecule has 9 nitrogen and oxygen atoms in total. The van der Waals surface area contributed by atoms with Gasteiger partial charge in [-0.05, 0) is 23.8 Å². The van der Waals surface area contributed by atoms with Crippen LogP contribution in [0.1, 0.15) is 20.8 Å². The maximum absolute atomic E-state index is 12.5. The number of carboxylic acid groups (broad SMARTS) is 1. The minimum Gasteiger partial charge on any atom is -0.477 e. The number of benzene rings is 1. The lowest BCUT2D eigenvalue weighted by molar-refractivity contribution is -0.0248. The third-order valence-electron chi connectivity index (χ3n) is 5.11. The lowest BCUT2D eigenvalue weighted by Gasteiger charge is -2.56. The zero-order valence-corrected chi connectivity index (χ0v) is 15.1. The summed E-state index contributed by atoms with van der Waals surface area (Å²) in [5.74, 6) is -1.48. The van der Waals surface area contributed by atoms with Crippen LogP contribution in [-0.2, 0) is 10.2 Å². The highest BCUT2D eigenvalue weighted by Gasteiger charge is 2.49. The summed E-state index contributed by atoms with van der Waals surface area (Å²) in [6.07, 6.45) is 1.10. The van der Waals surface area contributed by atoms with E-state index in [-0.39, 0.29) is 16.9 Å². The van der Waals surface area contributed by atoms with Crippen LogP contribution in [0.5, 0.6) is 0 Å². The summed E-state index contributed by atoms with van der Waals surface area (Å²) in [5.41, 5.74) is 0.985. The summed E-state index contributed by atoms with van der Waals surface area (Å²) in [5, 5.41) is 17.7. The fraction of sp³-hybridized carbons (Fsp3) is 0.294. The van der Waals surface area contributed by atoms with E-state index in [4.69, 9.17) is 5.14 Å². The summed E-state index contributed by atoms with van der Waals surface area (Å²) >= 11 is 0. The first-order chi connectivity index (χ1) is 12.7. The maximum atomic E-state index is 12.5. The number of nitrogens with zero attached hydrogens (tertiary/aromatic N) is 2. The van der Waals surface area contributed by atoms with Gasteiger partial charge in [0.25, 0.3) is 5.91 Å². The van der Waals surface area contributed by atoms with E-state index in [1.165, 1.54) is 6.07 Å². The molecule has 0 atom stereocenters. The molecule has 0 bridgehead atoms. The van der Waals surface area contributed by atoms with Gasteiger partial charge in [0.05, 0.1) is 0 Å². The fourth-order valence-corrected chi connectivity index (χ4v) is 4.31. The number of carbonyl (C=O) groups is 2. The van der Waals surface area contributed by atoms with E-state index in [0.717, 1.165) is 32.4 Å². The number of hydrogen-bond donors (Lipinski definition) is 3. The number of likely N-dealkylation sites (tertiary alicyclic amines) is 1. The zero-order chi connectivity index (χ0) is 19.4. The Balaban J connectivity index is 1.59. The van der Waals surface area contributed by atoms with Gasteiger partial charge in [0.1, 0.15) is 0 Å². The van der Waals surface area contributed by atoms with Gasteiger partial charge in [-0.15, -0.1) is 0 Å². The molecule has 1 spiro atoms. The topological polar surface area (TPSA) is 135 Å². The number of carboxylic acids is 1. The normalized spacial score (nSPS) is 18.0. The zero-order valence-electron chi connectivity index (χ0n) is 14.3. The molecule has 2 saturated heterocycles. The molecular formula is C17H18N4O5S. The van der Waals surface area contributed by atoms with E-state index in [1.54, 1.807) is 29.2 Å². The van der Waals surface area contributed by atoms with Crippen LogP contribution in [0.4, 0.5) is 0 Å². The van der Waals surface area contributed by atoms with Crippen LogP contribution in [-0.4, -0.2) is 60.5 Å². The molecule has 1 aromatic carbocycles. The van der Waals surface area contributed by atoms with Gasteiger partial charge in [-0.25, -0.2) is 13.9 Å². The molecule has 0 aliphatic carbocycles. The van der Waals surface area contributed by atoms with Crippen molar-refractivity contribution in [3.63, 3.8) is 0 Å². The quantitative estimate of drug-likeness (QED) is 0.670. The molecular weight excluding hydrogens is 372 g/mol. The van der Waals surface area contributed by atoms with Gasteiger partial charge in [-0.2, -0.15) is 8.42 Å². The first-order valence-corrected chi connectivity index (χ1v) is 9.79. The largest absolute Gasteiger partial charge is 0.477 e. The van der Waals surface area contributed by atoms with Crippen LogP contribution in [0, 0.1) is 5.41 Å². The van der Waals surface area contributed by atoms with E-state index in [9.17, 15) is 23.1 Å². The summed E-state index contributed by atoms with van der Waals surface area (Å²) in [4.78, 5) is 25.8. The van der Waals surface area contributed by atoms with Gasteiger partial charge in [0, 0.05) is 48.9 Å². The molecule has 4 rings (SSSR count). The highest BCUT2D eigenvalue weighted by molar-refractivity contribution is 7.87. The molecule has 0 saturated carbocycles. The molecule has 0 unspecified atom stereocenters. The first-order valence-electron chi connectivity index (χ1n) is 8.29. The minimum absolute atomic E-state index is 0.0698. The molecule has 2 aromatic rings. The number of nitrogens with one attached hydrogen (secondary N) is 1. The lowest BCUT2D eigenvalue weighted by Crippen LogP contribution is -2.71. The monoisotopic (exact) mass is 390 g/mol. The summed E-state index contributed by atoms with van der Waals surface area (Å²) in [7, 11) is -4.23. The Morgan fingerprint density at radius 3 is 2.22 bits per heavy atom. The second-order valence-electron chi connectivity index (χ2n) is 7.07. The summed E-state index contributed by atoms with van der Waals surface area (Å²) in [6, 6.07) is 7.79. The van der Waals surface area contributed by atoms with Gasteiger partial charge in [0.2, 0.25) is 0 Å². The Labute approximate surface area is 155 Å². The molecule has 10 heteroatoms. The standard InChI is InChI=1S/C17H18N4O5S/c18-27(25,26)21-6-5-13(14(21)16(23)24)11-1-3-12(4-2-11)15(22)20-9-17(10-20)7-19-8-17/h1-6,19H,7-10H2,(H,23,24)(H2,18,25,26). The highest BCUT2D eigenvalue weighted by Crippen LogP contribution is 2.35. The first kappa shape index (κ1) is 17.7. The van der Waals surface area contributed by atoms with Crippen molar-refractivity contribution < 1.29 is 23.1 Å². The predicted molar refractivity (Wildman–Crippen MR) is 96.5 cm³/mol. The van der Waals surface area contributed by atoms with Crippen LogP contribution in [0.15, 0.2) is 36.5 Å². The molecule has 142 valence electrons. The van der Waals surface area contributed by atoms with Gasteiger partial charge < -0.3 is 15.3 Å². The van der Waals surface area contributed by atoms with E-state index >= 15 is 0 Å². The average molecular weight is 390 g/mol. The number of amides is 1. The van der Waals surface area contributed by atoms with Crippen molar-refractivity contribution >= 4 is 22.1 Å². The average Bonchev–Trinajstić information content (AvgIpc) is 2.97. The predicted octanol–water partition coefficient (Wildman–Crippen LogP) is -0.0497. The Morgan fingerprint density at radius 1 is 1.11 bits per heavy atom. The van der Waals surface area contributed by atoms with Crippen LogP contribution < -0.4 is 10.5 Å². The van der Waals surface area contributed by atoms with E-state index in [0.29, 0.717) is 15.1 Å². The molecule has 2 fully saturated rings. The molecule has 27 heavy (non-hydrogen) atoms. The number of aromatic nitrogens is 1. The Morgan fingerprint density at radius 2 is 1.74 bits per heavy atom. The third-order valence-corrected chi connectivity index (χ3v) is 5.96. The number of aromatic carboxylic acids is 1. The molecule has 4 N–H and O–H groups in total. The molecule has 3 heterocycles.